The minimum atomic E-state index is -1.70. The molecule has 0 rings (SSSR count). The van der Waals surface area contributed by atoms with Gasteiger partial charge in [-0.1, -0.05) is 13.8 Å². The molecule has 0 aromatic rings. The zero-order valence-corrected chi connectivity index (χ0v) is 18.4. The van der Waals surface area contributed by atoms with Crippen LogP contribution in [0.2, 0.25) is 0 Å². The molecule has 0 heterocycles. The Morgan fingerprint density at radius 1 is 1.07 bits per heavy atom. The van der Waals surface area contributed by atoms with Gasteiger partial charge in [0.1, 0.15) is 6.04 Å². The molecule has 0 aliphatic carbocycles. The Kier molecular flexibility index (Phi) is 14.3. The van der Waals surface area contributed by atoms with Crippen molar-refractivity contribution in [1.29, 1.82) is 0 Å². The second-order valence-electron chi connectivity index (χ2n) is 7.54. The SMILES string of the molecule is CN=C(N)NCCC[C@H](NC(=O)CCCNC(C)=O)C(=O)N[C@@H](CC(C)C)B(O)O. The van der Waals surface area contributed by atoms with Crippen molar-refractivity contribution in [2.24, 2.45) is 16.6 Å². The fourth-order valence-corrected chi connectivity index (χ4v) is 2.70. The highest BCUT2D eigenvalue weighted by Crippen LogP contribution is 2.07. The lowest BCUT2D eigenvalue weighted by atomic mass is 9.75. The van der Waals surface area contributed by atoms with E-state index < -0.39 is 25.0 Å². The van der Waals surface area contributed by atoms with Crippen LogP contribution in [0.1, 0.15) is 52.9 Å². The summed E-state index contributed by atoms with van der Waals surface area (Å²) in [6.45, 7) is 6.03. The normalized spacial score (nSPS) is 13.4. The Labute approximate surface area is 178 Å². The predicted octanol–water partition coefficient (Wildman–Crippen LogP) is -1.76. The zero-order valence-electron chi connectivity index (χ0n) is 18.4. The van der Waals surface area contributed by atoms with Gasteiger partial charge in [0.05, 0.1) is 5.94 Å². The van der Waals surface area contributed by atoms with Gasteiger partial charge in [-0.25, -0.2) is 0 Å². The first kappa shape index (κ1) is 27.7. The summed E-state index contributed by atoms with van der Waals surface area (Å²) in [5.41, 5.74) is 5.57. The molecule has 0 unspecified atom stereocenters. The fraction of sp³-hybridized carbons (Fsp3) is 0.778. The molecule has 0 aliphatic rings. The largest absolute Gasteiger partial charge is 0.475 e. The van der Waals surface area contributed by atoms with Crippen molar-refractivity contribution in [3.63, 3.8) is 0 Å². The number of nitrogens with two attached hydrogens (primary N) is 1. The van der Waals surface area contributed by atoms with E-state index in [9.17, 15) is 24.4 Å². The van der Waals surface area contributed by atoms with Gasteiger partial charge >= 0.3 is 7.12 Å². The summed E-state index contributed by atoms with van der Waals surface area (Å²) in [7, 11) is -0.151. The third-order valence-corrected chi connectivity index (χ3v) is 4.24. The van der Waals surface area contributed by atoms with Gasteiger partial charge < -0.3 is 37.0 Å². The number of hydrogen-bond donors (Lipinski definition) is 7. The van der Waals surface area contributed by atoms with E-state index in [1.807, 2.05) is 13.8 Å². The van der Waals surface area contributed by atoms with E-state index in [0.717, 1.165) is 0 Å². The lowest BCUT2D eigenvalue weighted by Crippen LogP contribution is -2.54. The molecule has 0 saturated heterocycles. The molecule has 0 aromatic carbocycles. The van der Waals surface area contributed by atoms with Gasteiger partial charge in [0.15, 0.2) is 5.96 Å². The van der Waals surface area contributed by atoms with Gasteiger partial charge in [0, 0.05) is 33.5 Å². The van der Waals surface area contributed by atoms with Crippen LogP contribution in [0, 0.1) is 5.92 Å². The number of hydrogen-bond acceptors (Lipinski definition) is 6. The molecule has 0 spiro atoms. The standard InChI is InChI=1S/C18H37BN6O5/c1-12(2)11-15(19(29)30)25-17(28)14(7-5-10-23-18(20)21-4)24-16(27)8-6-9-22-13(3)26/h12,14-15,29-30H,5-11H2,1-4H3,(H,22,26)(H,24,27)(H,25,28)(H3,20,21,23)/t14-,15-/m0/s1. The van der Waals surface area contributed by atoms with Crippen molar-refractivity contribution < 1.29 is 24.4 Å². The summed E-state index contributed by atoms with van der Waals surface area (Å²) in [5, 5.41) is 29.9. The molecular weight excluding hydrogens is 391 g/mol. The maximum absolute atomic E-state index is 12.7. The van der Waals surface area contributed by atoms with E-state index in [4.69, 9.17) is 5.73 Å². The average molecular weight is 428 g/mol. The quantitative estimate of drug-likeness (QED) is 0.0741. The summed E-state index contributed by atoms with van der Waals surface area (Å²) < 4.78 is 0. The highest BCUT2D eigenvalue weighted by molar-refractivity contribution is 6.43. The molecule has 30 heavy (non-hydrogen) atoms. The molecule has 3 amide bonds. The van der Waals surface area contributed by atoms with E-state index in [1.54, 1.807) is 7.05 Å². The lowest BCUT2D eigenvalue weighted by molar-refractivity contribution is -0.129. The summed E-state index contributed by atoms with van der Waals surface area (Å²) in [5.74, 6) is -1.40. The molecule has 172 valence electrons. The summed E-state index contributed by atoms with van der Waals surface area (Å²) >= 11 is 0. The topological polar surface area (TPSA) is 178 Å². The van der Waals surface area contributed by atoms with Crippen LogP contribution in [-0.2, 0) is 14.4 Å². The number of amides is 3. The van der Waals surface area contributed by atoms with Gasteiger partial charge in [-0.05, 0) is 31.6 Å². The molecule has 12 heteroatoms. The number of nitrogens with one attached hydrogen (secondary N) is 4. The van der Waals surface area contributed by atoms with Crippen LogP contribution in [0.3, 0.4) is 0 Å². The van der Waals surface area contributed by atoms with Crippen LogP contribution < -0.4 is 27.0 Å². The van der Waals surface area contributed by atoms with Crippen molar-refractivity contribution >= 4 is 30.8 Å². The number of carbonyl (C=O) groups excluding carboxylic acids is 3. The summed E-state index contributed by atoms with van der Waals surface area (Å²) in [6, 6.07) is -0.840. The predicted molar refractivity (Wildman–Crippen MR) is 116 cm³/mol. The fourth-order valence-electron chi connectivity index (χ4n) is 2.70. The molecule has 0 fully saturated rings. The van der Waals surface area contributed by atoms with E-state index in [-0.39, 0.29) is 30.1 Å². The van der Waals surface area contributed by atoms with Gasteiger partial charge in [-0.2, -0.15) is 0 Å². The minimum Gasteiger partial charge on any atom is -0.426 e. The van der Waals surface area contributed by atoms with E-state index in [1.165, 1.54) is 6.92 Å². The smallest absolute Gasteiger partial charge is 0.426 e. The monoisotopic (exact) mass is 428 g/mol. The van der Waals surface area contributed by atoms with Crippen molar-refractivity contribution in [3.8, 4) is 0 Å². The Morgan fingerprint density at radius 2 is 1.70 bits per heavy atom. The summed E-state index contributed by atoms with van der Waals surface area (Å²) in [4.78, 5) is 39.6. The second-order valence-corrected chi connectivity index (χ2v) is 7.54. The zero-order chi connectivity index (χ0) is 23.1. The van der Waals surface area contributed by atoms with Crippen LogP contribution in [0.15, 0.2) is 4.99 Å². The van der Waals surface area contributed by atoms with E-state index >= 15 is 0 Å². The molecule has 11 nitrogen and oxygen atoms in total. The van der Waals surface area contributed by atoms with Crippen LogP contribution >= 0.6 is 0 Å². The maximum Gasteiger partial charge on any atom is 0.475 e. The Hall–Kier alpha value is -2.34. The summed E-state index contributed by atoms with van der Waals surface area (Å²) in [6.07, 6.45) is 1.82. The van der Waals surface area contributed by atoms with Gasteiger partial charge in [0.2, 0.25) is 17.7 Å². The van der Waals surface area contributed by atoms with Crippen LogP contribution in [-0.4, -0.2) is 73.0 Å². The number of nitrogens with zero attached hydrogens (tertiary/aromatic N) is 1. The van der Waals surface area contributed by atoms with Crippen LogP contribution in [0.25, 0.3) is 0 Å². The van der Waals surface area contributed by atoms with Gasteiger partial charge in [-0.3, -0.25) is 19.4 Å². The highest BCUT2D eigenvalue weighted by Gasteiger charge is 2.29. The van der Waals surface area contributed by atoms with Crippen LogP contribution in [0.5, 0.6) is 0 Å². The molecule has 0 bridgehead atoms. The number of aliphatic imine (C=N–C) groups is 1. The molecule has 0 saturated carbocycles. The molecule has 8 N–H and O–H groups in total. The number of rotatable bonds is 14. The highest BCUT2D eigenvalue weighted by atomic mass is 16.4. The van der Waals surface area contributed by atoms with Gasteiger partial charge in [0.25, 0.3) is 0 Å². The minimum absolute atomic E-state index is 0.138. The first-order valence-electron chi connectivity index (χ1n) is 10.2. The lowest BCUT2D eigenvalue weighted by Gasteiger charge is -2.24. The Bertz CT molecular complexity index is 573. The molecule has 2 atom stereocenters. The Morgan fingerprint density at radius 3 is 2.23 bits per heavy atom. The Balaban J connectivity index is 4.87. The third kappa shape index (κ3) is 13.8. The third-order valence-electron chi connectivity index (χ3n) is 4.24. The molecule has 0 radical (unpaired) electrons. The molecule has 0 aromatic heterocycles. The maximum atomic E-state index is 12.7. The van der Waals surface area contributed by atoms with Gasteiger partial charge in [-0.15, -0.1) is 0 Å². The average Bonchev–Trinajstić information content (AvgIpc) is 2.66. The van der Waals surface area contributed by atoms with Crippen molar-refractivity contribution in [1.82, 2.24) is 21.3 Å². The van der Waals surface area contributed by atoms with E-state index in [2.05, 4.69) is 26.3 Å². The second kappa shape index (κ2) is 15.5. The first-order chi connectivity index (χ1) is 14.1. The van der Waals surface area contributed by atoms with E-state index in [0.29, 0.717) is 38.8 Å². The number of guanidine groups is 1. The molecular formula is C18H37BN6O5. The first-order valence-corrected chi connectivity index (χ1v) is 10.2. The molecule has 0 aliphatic heterocycles. The van der Waals surface area contributed by atoms with Crippen molar-refractivity contribution in [2.45, 2.75) is 64.9 Å². The van der Waals surface area contributed by atoms with Crippen molar-refractivity contribution in [3.05, 3.63) is 0 Å². The van der Waals surface area contributed by atoms with Crippen LogP contribution in [0.4, 0.5) is 0 Å². The van der Waals surface area contributed by atoms with Crippen molar-refractivity contribution in [2.75, 3.05) is 20.1 Å². The number of carbonyl (C=O) groups is 3.